The molecule has 6 nitrogen and oxygen atoms in total. The van der Waals surface area contributed by atoms with E-state index < -0.39 is 0 Å². The molecule has 0 unspecified atom stereocenters. The molecule has 4 rings (SSSR count). The van der Waals surface area contributed by atoms with Crippen LogP contribution in [0.25, 0.3) is 6.08 Å². The Morgan fingerprint density at radius 2 is 1.71 bits per heavy atom. The average molecular weight is 433 g/mol. The summed E-state index contributed by atoms with van der Waals surface area (Å²) in [6.07, 6.45) is 1.54. The molecule has 1 amide bonds. The van der Waals surface area contributed by atoms with Crippen LogP contribution in [0, 0.1) is 0 Å². The minimum absolute atomic E-state index is 0.0579. The lowest BCUT2D eigenvalue weighted by Gasteiger charge is -2.17. The maximum atomic E-state index is 13.1. The molecule has 2 N–H and O–H groups in total. The summed E-state index contributed by atoms with van der Waals surface area (Å²) >= 11 is 5.47. The van der Waals surface area contributed by atoms with Gasteiger partial charge in [-0.15, -0.1) is 0 Å². The van der Waals surface area contributed by atoms with Crippen molar-refractivity contribution in [2.75, 3.05) is 11.9 Å². The van der Waals surface area contributed by atoms with Crippen molar-refractivity contribution in [2.45, 2.75) is 6.61 Å². The van der Waals surface area contributed by atoms with Crippen LogP contribution in [-0.2, 0) is 11.4 Å². The second kappa shape index (κ2) is 8.49. The number of phenolic OH excluding ortho intramolecular Hbond substituents is 2. The van der Waals surface area contributed by atoms with Crippen LogP contribution in [0.2, 0.25) is 0 Å². The predicted molar refractivity (Wildman–Crippen MR) is 123 cm³/mol. The van der Waals surface area contributed by atoms with Gasteiger partial charge in [-0.05, 0) is 60.3 Å². The summed E-state index contributed by atoms with van der Waals surface area (Å²) in [7, 11) is 1.70. The Kier molecular flexibility index (Phi) is 5.60. The molecular formula is C24H20N2O4S. The molecule has 1 aliphatic rings. The molecule has 0 spiro atoms. The third-order valence-electron chi connectivity index (χ3n) is 4.91. The topological polar surface area (TPSA) is 73.2 Å². The first kappa shape index (κ1) is 20.4. The van der Waals surface area contributed by atoms with Crippen molar-refractivity contribution in [3.05, 3.63) is 89.6 Å². The number of rotatable bonds is 5. The quantitative estimate of drug-likeness (QED) is 0.463. The highest BCUT2D eigenvalue weighted by atomic mass is 32.1. The zero-order valence-electron chi connectivity index (χ0n) is 16.7. The fourth-order valence-corrected chi connectivity index (χ4v) is 3.50. The standard InChI is InChI=1S/C24H20N2O4S/c1-25-21(13-17-7-10-19(27)14-22(17)28)23(29)26(24(25)31)18-8-11-20(12-9-18)30-15-16-5-3-2-4-6-16/h2-14,27-28H,15H2,1H3. The highest BCUT2D eigenvalue weighted by Gasteiger charge is 2.36. The van der Waals surface area contributed by atoms with Gasteiger partial charge in [0.2, 0.25) is 0 Å². The van der Waals surface area contributed by atoms with E-state index in [4.69, 9.17) is 17.0 Å². The van der Waals surface area contributed by atoms with Crippen molar-refractivity contribution in [2.24, 2.45) is 0 Å². The van der Waals surface area contributed by atoms with Crippen molar-refractivity contribution in [3.8, 4) is 17.2 Å². The summed E-state index contributed by atoms with van der Waals surface area (Å²) in [6.45, 7) is 0.451. The normalized spacial score (nSPS) is 15.1. The van der Waals surface area contributed by atoms with Crippen LogP contribution in [0.3, 0.4) is 0 Å². The van der Waals surface area contributed by atoms with E-state index in [1.54, 1.807) is 42.3 Å². The summed E-state index contributed by atoms with van der Waals surface area (Å²) in [5.74, 6) is 0.191. The molecule has 1 fully saturated rings. The van der Waals surface area contributed by atoms with Gasteiger partial charge in [0.15, 0.2) is 5.11 Å². The number of aromatic hydroxyl groups is 2. The number of ether oxygens (including phenoxy) is 1. The first-order valence-corrected chi connectivity index (χ1v) is 9.97. The van der Waals surface area contributed by atoms with E-state index in [2.05, 4.69) is 0 Å². The van der Waals surface area contributed by atoms with Crippen LogP contribution in [0.5, 0.6) is 17.2 Å². The van der Waals surface area contributed by atoms with E-state index >= 15 is 0 Å². The summed E-state index contributed by atoms with van der Waals surface area (Å²) in [5.41, 5.74) is 2.40. The largest absolute Gasteiger partial charge is 0.508 e. The first-order chi connectivity index (χ1) is 14.9. The van der Waals surface area contributed by atoms with E-state index in [0.717, 1.165) is 5.56 Å². The smallest absolute Gasteiger partial charge is 0.281 e. The number of carbonyl (C=O) groups excluding carboxylic acids is 1. The van der Waals surface area contributed by atoms with Gasteiger partial charge in [0.25, 0.3) is 5.91 Å². The van der Waals surface area contributed by atoms with Crippen LogP contribution in [0.4, 0.5) is 5.69 Å². The number of benzene rings is 3. The third-order valence-corrected chi connectivity index (χ3v) is 5.37. The summed E-state index contributed by atoms with van der Waals surface area (Å²) in [5, 5.41) is 19.8. The molecule has 1 heterocycles. The first-order valence-electron chi connectivity index (χ1n) is 9.56. The van der Waals surface area contributed by atoms with Gasteiger partial charge in [0, 0.05) is 18.7 Å². The molecule has 0 atom stereocenters. The van der Waals surface area contributed by atoms with Gasteiger partial charge >= 0.3 is 0 Å². The maximum Gasteiger partial charge on any atom is 0.281 e. The molecule has 3 aromatic rings. The van der Waals surface area contributed by atoms with Gasteiger partial charge < -0.3 is 19.8 Å². The third kappa shape index (κ3) is 4.22. The lowest BCUT2D eigenvalue weighted by atomic mass is 10.1. The number of anilines is 1. The van der Waals surface area contributed by atoms with Crippen molar-refractivity contribution in [1.29, 1.82) is 0 Å². The van der Waals surface area contributed by atoms with Crippen LogP contribution >= 0.6 is 12.2 Å². The molecular weight excluding hydrogens is 412 g/mol. The van der Waals surface area contributed by atoms with E-state index in [-0.39, 0.29) is 17.4 Å². The number of hydrogen-bond acceptors (Lipinski definition) is 5. The highest BCUT2D eigenvalue weighted by Crippen LogP contribution is 2.31. The average Bonchev–Trinajstić information content (AvgIpc) is 2.98. The zero-order valence-corrected chi connectivity index (χ0v) is 17.5. The number of hydrogen-bond donors (Lipinski definition) is 2. The fourth-order valence-electron chi connectivity index (χ4n) is 3.22. The molecule has 0 radical (unpaired) electrons. The number of nitrogens with zero attached hydrogens (tertiary/aromatic N) is 2. The molecule has 1 aliphatic heterocycles. The van der Waals surface area contributed by atoms with Gasteiger partial charge in [-0.2, -0.15) is 0 Å². The molecule has 0 saturated carbocycles. The van der Waals surface area contributed by atoms with Gasteiger partial charge in [-0.3, -0.25) is 9.69 Å². The second-order valence-corrected chi connectivity index (χ2v) is 7.39. The predicted octanol–water partition coefficient (Wildman–Crippen LogP) is 4.28. The van der Waals surface area contributed by atoms with Crippen molar-refractivity contribution < 1.29 is 19.7 Å². The fraction of sp³-hybridized carbons (Fsp3) is 0.0833. The lowest BCUT2D eigenvalue weighted by molar-refractivity contribution is -0.114. The van der Waals surface area contributed by atoms with Gasteiger partial charge in [0.1, 0.15) is 29.6 Å². The summed E-state index contributed by atoms with van der Waals surface area (Å²) in [6, 6.07) is 21.2. The van der Waals surface area contributed by atoms with Crippen LogP contribution in [-0.4, -0.2) is 33.2 Å². The van der Waals surface area contributed by atoms with E-state index in [9.17, 15) is 15.0 Å². The summed E-state index contributed by atoms with van der Waals surface area (Å²) < 4.78 is 5.80. The molecule has 3 aromatic carbocycles. The lowest BCUT2D eigenvalue weighted by Crippen LogP contribution is -2.31. The summed E-state index contributed by atoms with van der Waals surface area (Å²) in [4.78, 5) is 16.1. The molecule has 0 aromatic heterocycles. The number of amides is 1. The highest BCUT2D eigenvalue weighted by molar-refractivity contribution is 7.80. The maximum absolute atomic E-state index is 13.1. The van der Waals surface area contributed by atoms with Gasteiger partial charge in [-0.25, -0.2) is 0 Å². The molecule has 0 aliphatic carbocycles. The Hall–Kier alpha value is -3.84. The Morgan fingerprint density at radius 1 is 1.00 bits per heavy atom. The Labute approximate surface area is 185 Å². The molecule has 7 heteroatoms. The van der Waals surface area contributed by atoms with Crippen molar-refractivity contribution >= 4 is 35.0 Å². The van der Waals surface area contributed by atoms with Gasteiger partial charge in [-0.1, -0.05) is 30.3 Å². The monoisotopic (exact) mass is 432 g/mol. The van der Waals surface area contributed by atoms with E-state index in [0.29, 0.717) is 34.4 Å². The zero-order chi connectivity index (χ0) is 22.0. The number of thiocarbonyl (C=S) groups is 1. The van der Waals surface area contributed by atoms with Crippen molar-refractivity contribution in [1.82, 2.24) is 4.90 Å². The van der Waals surface area contributed by atoms with Crippen LogP contribution in [0.1, 0.15) is 11.1 Å². The molecule has 156 valence electrons. The molecule has 31 heavy (non-hydrogen) atoms. The Morgan fingerprint density at radius 3 is 2.39 bits per heavy atom. The Balaban J connectivity index is 1.53. The number of carbonyl (C=O) groups is 1. The van der Waals surface area contributed by atoms with Crippen LogP contribution in [0.15, 0.2) is 78.5 Å². The SMILES string of the molecule is CN1C(=S)N(c2ccc(OCc3ccccc3)cc2)C(=O)C1=Cc1ccc(O)cc1O. The number of phenols is 2. The molecule has 0 bridgehead atoms. The van der Waals surface area contributed by atoms with E-state index in [1.807, 2.05) is 30.3 Å². The number of likely N-dealkylation sites (N-methyl/N-ethyl adjacent to an activating group) is 1. The molecule has 1 saturated heterocycles. The second-order valence-electron chi connectivity index (χ2n) is 7.02. The van der Waals surface area contributed by atoms with Gasteiger partial charge in [0.05, 0.1) is 5.69 Å². The minimum atomic E-state index is -0.307. The van der Waals surface area contributed by atoms with E-state index in [1.165, 1.54) is 23.1 Å². The van der Waals surface area contributed by atoms with Crippen LogP contribution < -0.4 is 9.64 Å². The Bertz CT molecular complexity index is 1160. The van der Waals surface area contributed by atoms with Crippen molar-refractivity contribution in [3.63, 3.8) is 0 Å². The minimum Gasteiger partial charge on any atom is -0.508 e.